The van der Waals surface area contributed by atoms with E-state index < -0.39 is 17.5 Å². The van der Waals surface area contributed by atoms with Crippen LogP contribution in [0.2, 0.25) is 5.02 Å². The van der Waals surface area contributed by atoms with Gasteiger partial charge in [0.2, 0.25) is 17.5 Å². The molecule has 1 aromatic carbocycles. The van der Waals surface area contributed by atoms with E-state index >= 15 is 0 Å². The highest BCUT2D eigenvalue weighted by atomic mass is 35.5. The molecule has 0 aliphatic heterocycles. The van der Waals surface area contributed by atoms with Gasteiger partial charge in [-0.05, 0) is 63.0 Å². The molecule has 0 unspecified atom stereocenters. The zero-order valence-electron chi connectivity index (χ0n) is 22.7. The van der Waals surface area contributed by atoms with Crippen LogP contribution in [0, 0.1) is 13.8 Å². The van der Waals surface area contributed by atoms with Crippen LogP contribution >= 0.6 is 28.7 Å². The van der Waals surface area contributed by atoms with Gasteiger partial charge in [0.25, 0.3) is 0 Å². The van der Waals surface area contributed by atoms with Crippen molar-refractivity contribution in [3.63, 3.8) is 0 Å². The van der Waals surface area contributed by atoms with E-state index in [0.717, 1.165) is 11.3 Å². The van der Waals surface area contributed by atoms with Crippen molar-refractivity contribution in [2.75, 3.05) is 46.3 Å². The first kappa shape index (κ1) is 32.1. The second-order valence-corrected chi connectivity index (χ2v) is 14.9. The third-order valence-electron chi connectivity index (χ3n) is 4.83. The summed E-state index contributed by atoms with van der Waals surface area (Å²) >= 11 is 12.6. The van der Waals surface area contributed by atoms with Crippen LogP contribution in [-0.2, 0) is 26.7 Å². The highest BCUT2D eigenvalue weighted by molar-refractivity contribution is 8.67. The Hall–Kier alpha value is -2.15. The molecule has 0 saturated heterocycles. The lowest BCUT2D eigenvalue weighted by Crippen LogP contribution is -2.26. The second-order valence-electron chi connectivity index (χ2n) is 8.15. The minimum absolute atomic E-state index is 0.305. The Morgan fingerprint density at radius 3 is 2.34 bits per heavy atom. The highest BCUT2D eigenvalue weighted by Crippen LogP contribution is 2.61. The van der Waals surface area contributed by atoms with Gasteiger partial charge in [0, 0.05) is 50.5 Å². The van der Waals surface area contributed by atoms with Crippen molar-refractivity contribution < 1.29 is 23.0 Å². The molecule has 2 aromatic heterocycles. The predicted octanol–water partition coefficient (Wildman–Crippen LogP) is 5.46. The third-order valence-corrected chi connectivity index (χ3v) is 10.4. The van der Waals surface area contributed by atoms with Gasteiger partial charge in [-0.3, -0.25) is 4.57 Å². The number of anilines is 1. The molecule has 0 radical (unpaired) electrons. The topological polar surface area (TPSA) is 112 Å². The Balaban J connectivity index is 0.000000273. The van der Waals surface area contributed by atoms with E-state index in [0.29, 0.717) is 47.0 Å². The van der Waals surface area contributed by atoms with Crippen LogP contribution in [0.5, 0.6) is 5.88 Å². The minimum atomic E-state index is -2.45. The van der Waals surface area contributed by atoms with Crippen LogP contribution in [0.1, 0.15) is 25.1 Å². The molecule has 0 saturated carbocycles. The molecule has 1 amide bonds. The van der Waals surface area contributed by atoms with Gasteiger partial charge >= 0.3 is 11.8 Å². The molecule has 3 aromatic rings. The van der Waals surface area contributed by atoms with E-state index in [1.54, 1.807) is 37.2 Å². The summed E-state index contributed by atoms with van der Waals surface area (Å²) in [6.45, 7) is 8.36. The maximum Gasteiger partial charge on any atom is 0.420 e. The lowest BCUT2D eigenvalue weighted by atomic mass is 10.2. The van der Waals surface area contributed by atoms with Crippen LogP contribution in [0.25, 0.3) is 11.1 Å². The first-order valence-corrected chi connectivity index (χ1v) is 16.2. The second kappa shape index (κ2) is 14.3. The molecule has 11 nitrogen and oxygen atoms in total. The fourth-order valence-corrected chi connectivity index (χ4v) is 7.21. The zero-order valence-corrected chi connectivity index (χ0v) is 26.0. The number of fused-ring (bicyclic) bond motifs is 1. The van der Waals surface area contributed by atoms with Gasteiger partial charge in [0.1, 0.15) is 0 Å². The van der Waals surface area contributed by atoms with Crippen molar-refractivity contribution in [2.45, 2.75) is 33.6 Å². The van der Waals surface area contributed by atoms with E-state index in [2.05, 4.69) is 9.97 Å². The van der Waals surface area contributed by atoms with Gasteiger partial charge in [0.05, 0.1) is 24.6 Å². The van der Waals surface area contributed by atoms with Crippen LogP contribution in [0.3, 0.4) is 0 Å². The van der Waals surface area contributed by atoms with Gasteiger partial charge in [-0.1, -0.05) is 11.6 Å². The largest absolute Gasteiger partial charge is 0.420 e. The molecule has 0 aliphatic rings. The number of aromatic nitrogens is 3. The fraction of sp³-hybridized carbons (Fsp3) is 0.478. The van der Waals surface area contributed by atoms with Gasteiger partial charge in [-0.2, -0.15) is 4.98 Å². The van der Waals surface area contributed by atoms with Gasteiger partial charge in [-0.25, -0.2) is 14.6 Å². The number of carbonyl (C=O) groups excluding carboxylic acids is 1. The third kappa shape index (κ3) is 8.69. The number of hydrogen-bond donors (Lipinski definition) is 0. The number of nitrogens with zero attached hydrogens (tertiary/aromatic N) is 5. The Morgan fingerprint density at radius 1 is 1.16 bits per heavy atom. The predicted molar refractivity (Wildman–Crippen MR) is 156 cm³/mol. The number of rotatable bonds is 9. The molecule has 0 aliphatic carbocycles. The lowest BCUT2D eigenvalue weighted by molar-refractivity contribution is 0.169. The Kier molecular flexibility index (Phi) is 12.1. The molecule has 0 N–H and O–H groups in total. The van der Waals surface area contributed by atoms with E-state index in [1.165, 1.54) is 20.8 Å². The van der Waals surface area contributed by atoms with Crippen LogP contribution in [0.15, 0.2) is 27.4 Å². The molecule has 0 atom stereocenters. The summed E-state index contributed by atoms with van der Waals surface area (Å²) in [4.78, 5) is 35.0. The number of benzene rings is 1. The van der Waals surface area contributed by atoms with Crippen molar-refractivity contribution in [1.29, 1.82) is 0 Å². The van der Waals surface area contributed by atoms with E-state index in [-0.39, 0.29) is 0 Å². The summed E-state index contributed by atoms with van der Waals surface area (Å²) < 4.78 is 22.9. The Morgan fingerprint density at radius 2 is 1.79 bits per heavy atom. The Bertz CT molecular complexity index is 1350. The first-order chi connectivity index (χ1) is 17.8. The zero-order chi connectivity index (χ0) is 28.6. The summed E-state index contributed by atoms with van der Waals surface area (Å²) in [6, 6.07) is 5.07. The molecule has 3 rings (SSSR count). The SMILES string of the molecule is CCOP(=S)(OCC)SCn1c(=O)oc2cc(Cl)ccc21.Cc1nc(N(C)C)nc(OC(=O)N(C)C)c1C. The average Bonchev–Trinajstić information content (AvgIpc) is 3.14. The summed E-state index contributed by atoms with van der Waals surface area (Å²) in [6.07, 6.45) is -0.448. The number of amides is 1. The van der Waals surface area contributed by atoms with Crippen molar-refractivity contribution >= 4 is 63.6 Å². The number of aryl methyl sites for hydroxylation is 1. The summed E-state index contributed by atoms with van der Waals surface area (Å²) in [5.74, 6) is 0.689. The van der Waals surface area contributed by atoms with Crippen LogP contribution in [0.4, 0.5) is 10.7 Å². The minimum Gasteiger partial charge on any atom is -0.408 e. The Labute approximate surface area is 236 Å². The van der Waals surface area contributed by atoms with Gasteiger partial charge < -0.3 is 28.0 Å². The lowest BCUT2D eigenvalue weighted by Gasteiger charge is -2.19. The van der Waals surface area contributed by atoms with Gasteiger partial charge in [0.15, 0.2) is 5.58 Å². The number of carbonyl (C=O) groups is 1. The normalized spacial score (nSPS) is 11.2. The highest BCUT2D eigenvalue weighted by Gasteiger charge is 2.21. The van der Waals surface area contributed by atoms with Gasteiger partial charge in [-0.15, -0.1) is 0 Å². The molecular weight excluding hydrogens is 573 g/mol. The maximum atomic E-state index is 11.9. The number of oxazole rings is 1. The molecule has 210 valence electrons. The maximum absolute atomic E-state index is 11.9. The molecule has 2 heterocycles. The van der Waals surface area contributed by atoms with Crippen molar-refractivity contribution in [2.24, 2.45) is 0 Å². The van der Waals surface area contributed by atoms with Crippen molar-refractivity contribution in [1.82, 2.24) is 19.4 Å². The molecular formula is C23H33ClN5O6PS2. The fourth-order valence-electron chi connectivity index (χ4n) is 2.78. The van der Waals surface area contributed by atoms with Crippen molar-refractivity contribution in [3.05, 3.63) is 45.0 Å². The monoisotopic (exact) mass is 605 g/mol. The number of hydrogen-bond acceptors (Lipinski definition) is 11. The molecule has 0 spiro atoms. The smallest absolute Gasteiger partial charge is 0.408 e. The van der Waals surface area contributed by atoms with Crippen LogP contribution in [-0.4, -0.2) is 66.9 Å². The van der Waals surface area contributed by atoms with E-state index in [1.807, 2.05) is 41.8 Å². The quantitative estimate of drug-likeness (QED) is 0.290. The number of halogens is 1. The van der Waals surface area contributed by atoms with E-state index in [4.69, 9.17) is 41.6 Å². The molecule has 0 fully saturated rings. The summed E-state index contributed by atoms with van der Waals surface area (Å²) in [5, 5.41) is 0.518. The molecule has 15 heteroatoms. The van der Waals surface area contributed by atoms with Crippen LogP contribution < -0.4 is 15.4 Å². The number of ether oxygens (including phenoxy) is 1. The summed E-state index contributed by atoms with van der Waals surface area (Å²) in [7, 11) is 6.92. The van der Waals surface area contributed by atoms with E-state index in [9.17, 15) is 9.59 Å². The standard InChI is InChI=1S/C12H15ClNO4PS2.C11H18N4O2/c1-3-16-19(20,17-4-2)21-8-14-10-6-5-9(13)7-11(10)18-12(14)15;1-7-8(2)12-10(14(3)4)13-9(7)17-11(16)15(5)6/h5-7H,3-4,8H2,1-2H3;1-6H3. The van der Waals surface area contributed by atoms with Crippen molar-refractivity contribution in [3.8, 4) is 5.88 Å². The average molecular weight is 606 g/mol. The first-order valence-electron chi connectivity index (χ1n) is 11.6. The molecule has 38 heavy (non-hydrogen) atoms. The molecule has 0 bridgehead atoms. The summed E-state index contributed by atoms with van der Waals surface area (Å²) in [5.41, 5.74) is 0.246.